The summed E-state index contributed by atoms with van der Waals surface area (Å²) in [5.41, 5.74) is 2.27. The molecule has 0 atom stereocenters. The monoisotopic (exact) mass is 201 g/mol. The van der Waals surface area contributed by atoms with Crippen molar-refractivity contribution in [2.75, 3.05) is 0 Å². The average Bonchev–Trinajstić information content (AvgIpc) is 2.45. The summed E-state index contributed by atoms with van der Waals surface area (Å²) in [5, 5.41) is 4.29. The minimum atomic E-state index is -0.183. The molecule has 1 aliphatic rings. The van der Waals surface area contributed by atoms with Gasteiger partial charge in [-0.3, -0.25) is 0 Å². The first kappa shape index (κ1) is 7.94. The largest absolute Gasteiger partial charge is 0.207 e. The van der Waals surface area contributed by atoms with Crippen molar-refractivity contribution in [1.82, 2.24) is 0 Å². The quantitative estimate of drug-likeness (QED) is 0.658. The lowest BCUT2D eigenvalue weighted by atomic mass is 9.99. The normalized spacial score (nSPS) is 14.2. The van der Waals surface area contributed by atoms with Gasteiger partial charge in [-0.15, -0.1) is 11.3 Å². The van der Waals surface area contributed by atoms with Crippen LogP contribution in [-0.2, 0) is 0 Å². The van der Waals surface area contributed by atoms with Gasteiger partial charge in [-0.05, 0) is 23.8 Å². The summed E-state index contributed by atoms with van der Waals surface area (Å²) in [7, 11) is 0. The van der Waals surface area contributed by atoms with Crippen molar-refractivity contribution in [2.45, 2.75) is 0 Å². The number of fused-ring (bicyclic) bond motifs is 1. The van der Waals surface area contributed by atoms with Crippen LogP contribution in [0.2, 0.25) is 0 Å². The summed E-state index contributed by atoms with van der Waals surface area (Å²) >= 11 is 1.47. The van der Waals surface area contributed by atoms with Crippen LogP contribution in [0.15, 0.2) is 36.4 Å². The minimum absolute atomic E-state index is 0.183. The molecule has 2 aromatic rings. The van der Waals surface area contributed by atoms with Gasteiger partial charge in [-0.2, -0.15) is 0 Å². The summed E-state index contributed by atoms with van der Waals surface area (Å²) < 4.78 is 13.9. The molecule has 1 radical (unpaired) electrons. The molecule has 0 bridgehead atoms. The zero-order chi connectivity index (χ0) is 9.54. The smallest absolute Gasteiger partial charge is 0.124 e. The third-order valence-electron chi connectivity index (χ3n) is 2.32. The molecular weight excluding hydrogens is 195 g/mol. The Morgan fingerprint density at radius 2 is 2.14 bits per heavy atom. The van der Waals surface area contributed by atoms with Crippen molar-refractivity contribution >= 4 is 27.0 Å². The molecule has 0 N–H and O–H groups in total. The maximum atomic E-state index is 12.9. The van der Waals surface area contributed by atoms with E-state index in [9.17, 15) is 4.39 Å². The molecule has 1 aliphatic carbocycles. The van der Waals surface area contributed by atoms with E-state index in [0.29, 0.717) is 0 Å². The van der Waals surface area contributed by atoms with Crippen LogP contribution in [0, 0.1) is 11.2 Å². The van der Waals surface area contributed by atoms with Crippen LogP contribution in [0.1, 0.15) is 5.56 Å². The first-order valence-electron chi connectivity index (χ1n) is 4.33. The third-order valence-corrected chi connectivity index (χ3v) is 3.18. The van der Waals surface area contributed by atoms with Gasteiger partial charge in [0.15, 0.2) is 0 Å². The molecule has 0 aliphatic heterocycles. The minimum Gasteiger partial charge on any atom is -0.207 e. The number of hydrogen-bond acceptors (Lipinski definition) is 1. The molecular formula is C12H6FS. The van der Waals surface area contributed by atoms with E-state index in [1.165, 1.54) is 23.0 Å². The van der Waals surface area contributed by atoms with Gasteiger partial charge < -0.3 is 0 Å². The van der Waals surface area contributed by atoms with Crippen LogP contribution in [0.4, 0.5) is 4.39 Å². The Balaban J connectivity index is 2.26. The number of halogens is 1. The molecule has 0 amide bonds. The van der Waals surface area contributed by atoms with Gasteiger partial charge in [0.1, 0.15) is 5.82 Å². The van der Waals surface area contributed by atoms with Crippen LogP contribution in [0.3, 0.4) is 0 Å². The van der Waals surface area contributed by atoms with Gasteiger partial charge in [0.05, 0.1) is 5.38 Å². The topological polar surface area (TPSA) is 0 Å². The summed E-state index contributed by atoms with van der Waals surface area (Å²) in [4.78, 5) is 0. The van der Waals surface area contributed by atoms with E-state index in [0.717, 1.165) is 15.6 Å². The number of thiophene rings is 1. The molecule has 0 spiro atoms. The third kappa shape index (κ3) is 1.04. The first-order chi connectivity index (χ1) is 6.84. The van der Waals surface area contributed by atoms with Crippen LogP contribution >= 0.6 is 11.3 Å². The molecule has 0 saturated carbocycles. The fourth-order valence-electron chi connectivity index (χ4n) is 1.52. The molecule has 3 rings (SSSR count). The maximum Gasteiger partial charge on any atom is 0.124 e. The Bertz CT molecular complexity index is 561. The number of allylic oxidation sites excluding steroid dienone is 4. The van der Waals surface area contributed by atoms with E-state index in [4.69, 9.17) is 0 Å². The second kappa shape index (κ2) is 2.79. The fourth-order valence-corrected chi connectivity index (χ4v) is 2.41. The highest BCUT2D eigenvalue weighted by molar-refractivity contribution is 7.17. The van der Waals surface area contributed by atoms with Crippen molar-refractivity contribution in [3.8, 4) is 0 Å². The number of hydrogen-bond donors (Lipinski definition) is 0. The van der Waals surface area contributed by atoms with Crippen molar-refractivity contribution in [2.24, 2.45) is 0 Å². The van der Waals surface area contributed by atoms with E-state index < -0.39 is 0 Å². The maximum absolute atomic E-state index is 12.9. The van der Waals surface area contributed by atoms with Gasteiger partial charge in [0.25, 0.3) is 0 Å². The fraction of sp³-hybridized carbons (Fsp3) is 0. The predicted octanol–water partition coefficient (Wildman–Crippen LogP) is 3.79. The molecule has 14 heavy (non-hydrogen) atoms. The van der Waals surface area contributed by atoms with E-state index in [2.05, 4.69) is 5.38 Å². The van der Waals surface area contributed by atoms with Crippen LogP contribution in [0.25, 0.3) is 15.7 Å². The Morgan fingerprint density at radius 3 is 2.86 bits per heavy atom. The van der Waals surface area contributed by atoms with Crippen LogP contribution in [0.5, 0.6) is 0 Å². The van der Waals surface area contributed by atoms with Gasteiger partial charge in [-0.25, -0.2) is 4.39 Å². The first-order valence-corrected chi connectivity index (χ1v) is 5.15. The lowest BCUT2D eigenvalue weighted by Gasteiger charge is -2.04. The molecule has 1 aromatic carbocycles. The number of benzene rings is 1. The van der Waals surface area contributed by atoms with Crippen molar-refractivity contribution in [1.29, 1.82) is 0 Å². The Hall–Kier alpha value is -1.41. The molecule has 1 aromatic heterocycles. The van der Waals surface area contributed by atoms with Gasteiger partial charge in [0, 0.05) is 15.6 Å². The van der Waals surface area contributed by atoms with Gasteiger partial charge >= 0.3 is 0 Å². The Kier molecular flexibility index (Phi) is 1.58. The van der Waals surface area contributed by atoms with Gasteiger partial charge in [-0.1, -0.05) is 18.2 Å². The second-order valence-corrected chi connectivity index (χ2v) is 4.05. The van der Waals surface area contributed by atoms with E-state index in [1.807, 2.05) is 24.3 Å². The highest BCUT2D eigenvalue weighted by atomic mass is 32.1. The van der Waals surface area contributed by atoms with Gasteiger partial charge in [0.2, 0.25) is 0 Å². The summed E-state index contributed by atoms with van der Waals surface area (Å²) in [6.45, 7) is 0. The summed E-state index contributed by atoms with van der Waals surface area (Å²) in [5.74, 6) is -0.183. The van der Waals surface area contributed by atoms with Crippen molar-refractivity contribution in [3.63, 3.8) is 0 Å². The average molecular weight is 201 g/mol. The highest BCUT2D eigenvalue weighted by Gasteiger charge is 2.09. The lowest BCUT2D eigenvalue weighted by molar-refractivity contribution is 0.630. The molecule has 2 heteroatoms. The zero-order valence-corrected chi connectivity index (χ0v) is 8.07. The van der Waals surface area contributed by atoms with E-state index in [1.54, 1.807) is 6.07 Å². The Morgan fingerprint density at radius 1 is 1.29 bits per heavy atom. The number of rotatable bonds is 1. The van der Waals surface area contributed by atoms with Crippen molar-refractivity contribution < 1.29 is 4.39 Å². The molecule has 0 saturated heterocycles. The van der Waals surface area contributed by atoms with E-state index in [-0.39, 0.29) is 5.82 Å². The standard InChI is InChI=1S/C12H6FS/c13-9-4-5-10-11(8-2-1-3-8)7-14-12(10)6-9/h1-6H. The van der Waals surface area contributed by atoms with E-state index >= 15 is 0 Å². The molecule has 67 valence electrons. The predicted molar refractivity (Wildman–Crippen MR) is 57.7 cm³/mol. The SMILES string of the molecule is Fc1ccc2c(C3=CC=C3)[c]sc2c1. The van der Waals surface area contributed by atoms with Crippen LogP contribution < -0.4 is 0 Å². The summed E-state index contributed by atoms with van der Waals surface area (Å²) in [6.07, 6.45) is 6.08. The summed E-state index contributed by atoms with van der Waals surface area (Å²) in [6, 6.07) is 4.87. The molecule has 0 fully saturated rings. The molecule has 0 unspecified atom stereocenters. The van der Waals surface area contributed by atoms with Crippen LogP contribution in [-0.4, -0.2) is 0 Å². The highest BCUT2D eigenvalue weighted by Crippen LogP contribution is 2.33. The molecule has 1 heterocycles. The second-order valence-electron chi connectivity index (χ2n) is 3.20. The van der Waals surface area contributed by atoms with Crippen molar-refractivity contribution in [3.05, 3.63) is 53.2 Å². The molecule has 0 nitrogen and oxygen atoms in total. The Labute approximate surface area is 85.0 Å². The zero-order valence-electron chi connectivity index (χ0n) is 7.25. The lowest BCUT2D eigenvalue weighted by Crippen LogP contribution is -1.83.